The SMILES string of the molecule is O=Cc1ccc(C(=O)c2cc(O)c(O)c([N+](=O)[O-])c2)cc1. The molecule has 2 aromatic rings. The van der Waals surface area contributed by atoms with Crippen molar-refractivity contribution < 1.29 is 24.7 Å². The van der Waals surface area contributed by atoms with Crippen LogP contribution >= 0.6 is 0 Å². The molecule has 0 aliphatic rings. The molecular weight excluding hydrogens is 278 g/mol. The highest BCUT2D eigenvalue weighted by atomic mass is 16.6. The van der Waals surface area contributed by atoms with E-state index in [1.807, 2.05) is 0 Å². The van der Waals surface area contributed by atoms with Crippen molar-refractivity contribution in [1.82, 2.24) is 0 Å². The molecule has 0 aromatic heterocycles. The zero-order valence-electron chi connectivity index (χ0n) is 10.5. The number of aromatic hydroxyl groups is 2. The summed E-state index contributed by atoms with van der Waals surface area (Å²) in [5.41, 5.74) is -0.329. The van der Waals surface area contributed by atoms with Gasteiger partial charge >= 0.3 is 5.69 Å². The van der Waals surface area contributed by atoms with Crippen LogP contribution in [-0.4, -0.2) is 27.2 Å². The Hall–Kier alpha value is -3.22. The fraction of sp³-hybridized carbons (Fsp3) is 0. The molecule has 0 saturated carbocycles. The second kappa shape index (κ2) is 5.41. The second-order valence-corrected chi connectivity index (χ2v) is 4.19. The highest BCUT2D eigenvalue weighted by molar-refractivity contribution is 6.10. The molecule has 0 atom stereocenters. The molecule has 0 spiro atoms. The van der Waals surface area contributed by atoms with E-state index in [9.17, 15) is 29.9 Å². The molecule has 0 unspecified atom stereocenters. The minimum Gasteiger partial charge on any atom is -0.504 e. The van der Waals surface area contributed by atoms with Gasteiger partial charge in [-0.05, 0) is 6.07 Å². The number of carbonyl (C=O) groups excluding carboxylic acids is 2. The van der Waals surface area contributed by atoms with Gasteiger partial charge in [0, 0.05) is 22.8 Å². The number of phenols is 2. The minimum atomic E-state index is -0.901. The fourth-order valence-electron chi connectivity index (χ4n) is 1.75. The van der Waals surface area contributed by atoms with Gasteiger partial charge in [0.2, 0.25) is 5.75 Å². The highest BCUT2D eigenvalue weighted by Crippen LogP contribution is 2.36. The first kappa shape index (κ1) is 14.2. The summed E-state index contributed by atoms with van der Waals surface area (Å²) in [4.78, 5) is 32.6. The summed E-state index contributed by atoms with van der Waals surface area (Å²) in [6.07, 6.45) is 0.617. The van der Waals surface area contributed by atoms with Crippen LogP contribution in [0.3, 0.4) is 0 Å². The maximum absolute atomic E-state index is 12.2. The normalized spacial score (nSPS) is 10.1. The van der Waals surface area contributed by atoms with Crippen LogP contribution in [0, 0.1) is 10.1 Å². The van der Waals surface area contributed by atoms with Gasteiger partial charge in [0.15, 0.2) is 11.5 Å². The summed E-state index contributed by atoms with van der Waals surface area (Å²) < 4.78 is 0. The van der Waals surface area contributed by atoms with Gasteiger partial charge in [0.25, 0.3) is 0 Å². The number of hydrogen-bond acceptors (Lipinski definition) is 6. The predicted molar refractivity (Wildman–Crippen MR) is 71.7 cm³/mol. The van der Waals surface area contributed by atoms with E-state index in [-0.39, 0.29) is 11.1 Å². The van der Waals surface area contributed by atoms with Gasteiger partial charge in [-0.25, -0.2) is 0 Å². The third-order valence-corrected chi connectivity index (χ3v) is 2.84. The van der Waals surface area contributed by atoms with E-state index >= 15 is 0 Å². The monoisotopic (exact) mass is 287 g/mol. The summed E-state index contributed by atoms with van der Waals surface area (Å²) in [5.74, 6) is -2.23. The number of rotatable bonds is 4. The Morgan fingerprint density at radius 3 is 2.24 bits per heavy atom. The molecule has 21 heavy (non-hydrogen) atoms. The van der Waals surface area contributed by atoms with Crippen molar-refractivity contribution >= 4 is 17.8 Å². The topological polar surface area (TPSA) is 118 Å². The van der Waals surface area contributed by atoms with Crippen LogP contribution in [0.15, 0.2) is 36.4 Å². The zero-order valence-corrected chi connectivity index (χ0v) is 10.5. The maximum atomic E-state index is 12.2. The van der Waals surface area contributed by atoms with E-state index in [1.165, 1.54) is 24.3 Å². The Morgan fingerprint density at radius 2 is 1.71 bits per heavy atom. The quantitative estimate of drug-likeness (QED) is 0.292. The summed E-state index contributed by atoms with van der Waals surface area (Å²) in [6, 6.07) is 7.46. The molecule has 2 aromatic carbocycles. The van der Waals surface area contributed by atoms with Crippen molar-refractivity contribution in [2.24, 2.45) is 0 Å². The van der Waals surface area contributed by atoms with E-state index < -0.39 is 27.9 Å². The predicted octanol–water partition coefficient (Wildman–Crippen LogP) is 2.05. The number of phenolic OH excluding ortho intramolecular Hbond substituents is 2. The molecule has 0 saturated heterocycles. The van der Waals surface area contributed by atoms with Crippen LogP contribution in [0.25, 0.3) is 0 Å². The first-order valence-electron chi connectivity index (χ1n) is 5.74. The summed E-state index contributed by atoms with van der Waals surface area (Å²) in [6.45, 7) is 0. The van der Waals surface area contributed by atoms with E-state index in [0.29, 0.717) is 11.8 Å². The van der Waals surface area contributed by atoms with Crippen LogP contribution in [0.4, 0.5) is 5.69 Å². The number of hydrogen-bond donors (Lipinski definition) is 2. The highest BCUT2D eigenvalue weighted by Gasteiger charge is 2.22. The van der Waals surface area contributed by atoms with Gasteiger partial charge in [-0.15, -0.1) is 0 Å². The minimum absolute atomic E-state index is 0.143. The molecule has 0 bridgehead atoms. The second-order valence-electron chi connectivity index (χ2n) is 4.19. The van der Waals surface area contributed by atoms with Gasteiger partial charge in [0.05, 0.1) is 4.92 Å². The lowest BCUT2D eigenvalue weighted by molar-refractivity contribution is -0.386. The molecular formula is C14H9NO6. The molecule has 0 aliphatic carbocycles. The molecule has 0 heterocycles. The Balaban J connectivity index is 2.47. The number of nitro benzene ring substituents is 1. The van der Waals surface area contributed by atoms with Gasteiger partial charge in [-0.2, -0.15) is 0 Å². The number of nitrogens with zero attached hydrogens (tertiary/aromatic N) is 1. The van der Waals surface area contributed by atoms with Crippen LogP contribution in [-0.2, 0) is 0 Å². The first-order chi connectivity index (χ1) is 9.93. The Labute approximate surface area is 118 Å². The largest absolute Gasteiger partial charge is 0.504 e. The fourth-order valence-corrected chi connectivity index (χ4v) is 1.75. The summed E-state index contributed by atoms with van der Waals surface area (Å²) in [5, 5.41) is 29.6. The molecule has 2 N–H and O–H groups in total. The number of nitro groups is 1. The van der Waals surface area contributed by atoms with Crippen molar-refractivity contribution in [3.8, 4) is 11.5 Å². The molecule has 0 aliphatic heterocycles. The van der Waals surface area contributed by atoms with Gasteiger partial charge in [-0.3, -0.25) is 19.7 Å². The first-order valence-corrected chi connectivity index (χ1v) is 5.74. The lowest BCUT2D eigenvalue weighted by atomic mass is 10.0. The van der Waals surface area contributed by atoms with E-state index in [2.05, 4.69) is 0 Å². The van der Waals surface area contributed by atoms with Crippen LogP contribution in [0.5, 0.6) is 11.5 Å². The third kappa shape index (κ3) is 2.71. The average Bonchev–Trinajstić information content (AvgIpc) is 2.49. The third-order valence-electron chi connectivity index (χ3n) is 2.84. The van der Waals surface area contributed by atoms with Gasteiger partial charge < -0.3 is 10.2 Å². The Bertz CT molecular complexity index is 736. The lowest BCUT2D eigenvalue weighted by Crippen LogP contribution is -2.02. The number of ketones is 1. The molecule has 2 rings (SSSR count). The smallest absolute Gasteiger partial charge is 0.315 e. The van der Waals surface area contributed by atoms with Crippen molar-refractivity contribution in [3.05, 3.63) is 63.2 Å². The van der Waals surface area contributed by atoms with Crippen LogP contribution < -0.4 is 0 Å². The molecule has 0 amide bonds. The molecule has 0 fully saturated rings. The maximum Gasteiger partial charge on any atom is 0.315 e. The van der Waals surface area contributed by atoms with E-state index in [4.69, 9.17) is 0 Å². The Morgan fingerprint density at radius 1 is 1.10 bits per heavy atom. The van der Waals surface area contributed by atoms with Crippen molar-refractivity contribution in [1.29, 1.82) is 0 Å². The number of benzene rings is 2. The van der Waals surface area contributed by atoms with Gasteiger partial charge in [0.1, 0.15) is 6.29 Å². The Kier molecular flexibility index (Phi) is 3.66. The lowest BCUT2D eigenvalue weighted by Gasteiger charge is -2.04. The zero-order chi connectivity index (χ0) is 15.6. The standard InChI is InChI=1S/C14H9NO6/c16-7-8-1-3-9(4-2-8)13(18)10-5-11(15(20)21)14(19)12(17)6-10/h1-7,17,19H. The average molecular weight is 287 g/mol. The molecule has 7 nitrogen and oxygen atoms in total. The van der Waals surface area contributed by atoms with Crippen molar-refractivity contribution in [3.63, 3.8) is 0 Å². The molecule has 7 heteroatoms. The van der Waals surface area contributed by atoms with E-state index in [1.54, 1.807) is 0 Å². The van der Waals surface area contributed by atoms with E-state index in [0.717, 1.165) is 12.1 Å². The number of aldehydes is 1. The summed E-state index contributed by atoms with van der Waals surface area (Å²) >= 11 is 0. The summed E-state index contributed by atoms with van der Waals surface area (Å²) in [7, 11) is 0. The molecule has 106 valence electrons. The number of carbonyl (C=O) groups is 2. The molecule has 0 radical (unpaired) electrons. The van der Waals surface area contributed by atoms with Gasteiger partial charge in [-0.1, -0.05) is 24.3 Å². The van der Waals surface area contributed by atoms with Crippen LogP contribution in [0.1, 0.15) is 26.3 Å². The van der Waals surface area contributed by atoms with Crippen molar-refractivity contribution in [2.75, 3.05) is 0 Å². The van der Waals surface area contributed by atoms with Crippen LogP contribution in [0.2, 0.25) is 0 Å². The van der Waals surface area contributed by atoms with Crippen molar-refractivity contribution in [2.45, 2.75) is 0 Å².